The smallest absolute Gasteiger partial charge is 0.323 e. The molecular formula is C14H18ClNO4. The van der Waals surface area contributed by atoms with Crippen molar-refractivity contribution in [1.82, 2.24) is 5.32 Å². The number of para-hydroxylation sites is 1. The zero-order valence-electron chi connectivity index (χ0n) is 11.4. The van der Waals surface area contributed by atoms with E-state index in [9.17, 15) is 9.59 Å². The second-order valence-corrected chi connectivity index (χ2v) is 4.51. The number of nitrogens with one attached hydrogen (secondary N) is 1. The molecule has 1 aliphatic heterocycles. The summed E-state index contributed by atoms with van der Waals surface area (Å²) in [6.07, 6.45) is 0.406. The van der Waals surface area contributed by atoms with Crippen LogP contribution in [0.4, 0.5) is 0 Å². The number of carbonyl (C=O) groups is 2. The van der Waals surface area contributed by atoms with Crippen molar-refractivity contribution in [1.29, 1.82) is 0 Å². The third-order valence-electron chi connectivity index (χ3n) is 3.14. The maximum atomic E-state index is 11.5. The quantitative estimate of drug-likeness (QED) is 0.676. The van der Waals surface area contributed by atoms with Gasteiger partial charge < -0.3 is 14.8 Å². The lowest BCUT2D eigenvalue weighted by atomic mass is 10.1. The molecule has 1 saturated heterocycles. The summed E-state index contributed by atoms with van der Waals surface area (Å²) < 4.78 is 10.5. The van der Waals surface area contributed by atoms with Crippen LogP contribution in [0.1, 0.15) is 23.7 Å². The van der Waals surface area contributed by atoms with E-state index in [4.69, 9.17) is 4.74 Å². The van der Waals surface area contributed by atoms with Gasteiger partial charge in [0.15, 0.2) is 5.78 Å². The molecule has 0 bridgehead atoms. The molecular weight excluding hydrogens is 282 g/mol. The first-order valence-corrected chi connectivity index (χ1v) is 6.19. The van der Waals surface area contributed by atoms with E-state index >= 15 is 0 Å². The molecule has 0 amide bonds. The van der Waals surface area contributed by atoms with E-state index in [2.05, 4.69) is 10.1 Å². The predicted octanol–water partition coefficient (Wildman–Crippen LogP) is 1.59. The van der Waals surface area contributed by atoms with Gasteiger partial charge >= 0.3 is 5.97 Å². The van der Waals surface area contributed by atoms with Crippen molar-refractivity contribution in [2.45, 2.75) is 25.5 Å². The van der Waals surface area contributed by atoms with Crippen LogP contribution in [0.15, 0.2) is 24.3 Å². The Bertz CT molecular complexity index is 492. The molecule has 1 aromatic carbocycles. The van der Waals surface area contributed by atoms with Crippen LogP contribution < -0.4 is 10.1 Å². The molecule has 5 nitrogen and oxygen atoms in total. The van der Waals surface area contributed by atoms with E-state index in [-0.39, 0.29) is 36.3 Å². The number of halogens is 1. The molecule has 110 valence electrons. The second kappa shape index (κ2) is 7.26. The van der Waals surface area contributed by atoms with E-state index in [1.54, 1.807) is 18.2 Å². The number of rotatable bonds is 4. The minimum absolute atomic E-state index is 0. The Morgan fingerprint density at radius 3 is 2.65 bits per heavy atom. The lowest BCUT2D eigenvalue weighted by molar-refractivity contribution is -0.142. The first-order chi connectivity index (χ1) is 9.11. The first kappa shape index (κ1) is 16.5. The minimum atomic E-state index is -0.334. The van der Waals surface area contributed by atoms with Gasteiger partial charge in [0.2, 0.25) is 0 Å². The van der Waals surface area contributed by atoms with E-state index in [0.717, 1.165) is 0 Å². The van der Waals surface area contributed by atoms with Gasteiger partial charge in [-0.2, -0.15) is 0 Å². The number of hydrogen-bond acceptors (Lipinski definition) is 5. The molecule has 0 aromatic heterocycles. The Hall–Kier alpha value is -1.59. The molecule has 1 N–H and O–H groups in total. The normalized spacial score (nSPS) is 20.9. The highest BCUT2D eigenvalue weighted by molar-refractivity contribution is 5.96. The molecule has 0 radical (unpaired) electrons. The van der Waals surface area contributed by atoms with Gasteiger partial charge in [0.05, 0.1) is 12.7 Å². The zero-order valence-corrected chi connectivity index (χ0v) is 12.2. The Labute approximate surface area is 124 Å². The fraction of sp³-hybridized carbons (Fsp3) is 0.429. The molecule has 1 aliphatic rings. The fourth-order valence-corrected chi connectivity index (χ4v) is 2.15. The molecule has 2 rings (SSSR count). The number of hydrogen-bond donors (Lipinski definition) is 1. The highest BCUT2D eigenvalue weighted by Gasteiger charge is 2.31. The van der Waals surface area contributed by atoms with Crippen molar-refractivity contribution < 1.29 is 19.1 Å². The van der Waals surface area contributed by atoms with Crippen LogP contribution in [0.25, 0.3) is 0 Å². The molecule has 2 atom stereocenters. The van der Waals surface area contributed by atoms with Crippen molar-refractivity contribution in [3.63, 3.8) is 0 Å². The number of methoxy groups -OCH3 is 1. The van der Waals surface area contributed by atoms with Gasteiger partial charge in [-0.3, -0.25) is 9.59 Å². The standard InChI is InChI=1S/C14H17NO4.ClH/c1-9(16)11-5-3-4-6-13(11)19-10-7-12(15-8-10)14(17)18-2;/h3-6,10,12,15H,7-8H2,1-2H3;1H/t10-,12-;/m0./s1. The Morgan fingerprint density at radius 2 is 2.00 bits per heavy atom. The topological polar surface area (TPSA) is 64.6 Å². The highest BCUT2D eigenvalue weighted by atomic mass is 35.5. The molecule has 1 fully saturated rings. The van der Waals surface area contributed by atoms with Gasteiger partial charge in [0.25, 0.3) is 0 Å². The number of ether oxygens (including phenoxy) is 2. The molecule has 20 heavy (non-hydrogen) atoms. The number of benzene rings is 1. The zero-order chi connectivity index (χ0) is 13.8. The molecule has 1 heterocycles. The van der Waals surface area contributed by atoms with Crippen LogP contribution in [0.3, 0.4) is 0 Å². The molecule has 0 spiro atoms. The molecule has 1 aromatic rings. The van der Waals surface area contributed by atoms with E-state index < -0.39 is 0 Å². The predicted molar refractivity (Wildman–Crippen MR) is 76.5 cm³/mol. The molecule has 0 aliphatic carbocycles. The maximum absolute atomic E-state index is 11.5. The van der Waals surface area contributed by atoms with Crippen LogP contribution in [0.5, 0.6) is 5.75 Å². The lowest BCUT2D eigenvalue weighted by Gasteiger charge is -2.15. The van der Waals surface area contributed by atoms with Crippen molar-refractivity contribution in [3.8, 4) is 5.75 Å². The minimum Gasteiger partial charge on any atom is -0.488 e. The number of Topliss-reactive ketones (excluding diaryl/α,β-unsaturated/α-hetero) is 1. The second-order valence-electron chi connectivity index (χ2n) is 4.51. The third kappa shape index (κ3) is 3.71. The van der Waals surface area contributed by atoms with Crippen molar-refractivity contribution in [3.05, 3.63) is 29.8 Å². The number of ketones is 1. The Kier molecular flexibility index (Phi) is 5.98. The summed E-state index contributed by atoms with van der Waals surface area (Å²) in [5.41, 5.74) is 0.559. The number of carbonyl (C=O) groups excluding carboxylic acids is 2. The van der Waals surface area contributed by atoms with E-state index in [0.29, 0.717) is 24.3 Å². The average molecular weight is 300 g/mol. The first-order valence-electron chi connectivity index (χ1n) is 6.19. The monoisotopic (exact) mass is 299 g/mol. The summed E-state index contributed by atoms with van der Waals surface area (Å²) in [4.78, 5) is 22.9. The lowest BCUT2D eigenvalue weighted by Crippen LogP contribution is -2.31. The van der Waals surface area contributed by atoms with Gasteiger partial charge in [-0.15, -0.1) is 12.4 Å². The summed E-state index contributed by atoms with van der Waals surface area (Å²) in [6.45, 7) is 2.07. The van der Waals surface area contributed by atoms with Crippen molar-refractivity contribution >= 4 is 24.2 Å². The van der Waals surface area contributed by atoms with Crippen LogP contribution in [-0.4, -0.2) is 37.6 Å². The van der Waals surface area contributed by atoms with Crippen molar-refractivity contribution in [2.75, 3.05) is 13.7 Å². The van der Waals surface area contributed by atoms with E-state index in [1.807, 2.05) is 6.07 Å². The summed E-state index contributed by atoms with van der Waals surface area (Å²) in [7, 11) is 1.36. The van der Waals surface area contributed by atoms with Crippen molar-refractivity contribution in [2.24, 2.45) is 0 Å². The van der Waals surface area contributed by atoms with Gasteiger partial charge in [-0.25, -0.2) is 0 Å². The van der Waals surface area contributed by atoms with E-state index in [1.165, 1.54) is 14.0 Å². The Morgan fingerprint density at radius 1 is 1.30 bits per heavy atom. The summed E-state index contributed by atoms with van der Waals surface area (Å²) in [6, 6.07) is 6.79. The third-order valence-corrected chi connectivity index (χ3v) is 3.14. The van der Waals surface area contributed by atoms with Gasteiger partial charge in [0.1, 0.15) is 17.9 Å². The summed E-state index contributed by atoms with van der Waals surface area (Å²) in [5, 5.41) is 3.04. The summed E-state index contributed by atoms with van der Waals surface area (Å²) in [5.74, 6) is 0.240. The molecule has 0 unspecified atom stereocenters. The van der Waals surface area contributed by atoms with Gasteiger partial charge in [-0.05, 0) is 19.1 Å². The highest BCUT2D eigenvalue weighted by Crippen LogP contribution is 2.22. The van der Waals surface area contributed by atoms with Gasteiger partial charge in [0, 0.05) is 13.0 Å². The average Bonchev–Trinajstić information content (AvgIpc) is 2.86. The van der Waals surface area contributed by atoms with Crippen LogP contribution in [0, 0.1) is 0 Å². The van der Waals surface area contributed by atoms with Gasteiger partial charge in [-0.1, -0.05) is 12.1 Å². The number of esters is 1. The fourth-order valence-electron chi connectivity index (χ4n) is 2.15. The van der Waals surface area contributed by atoms with Crippen LogP contribution in [-0.2, 0) is 9.53 Å². The maximum Gasteiger partial charge on any atom is 0.323 e. The molecule has 6 heteroatoms. The largest absolute Gasteiger partial charge is 0.488 e. The molecule has 0 saturated carbocycles. The van der Waals surface area contributed by atoms with Crippen LogP contribution >= 0.6 is 12.4 Å². The van der Waals surface area contributed by atoms with Crippen LogP contribution in [0.2, 0.25) is 0 Å². The Balaban J connectivity index is 0.00000200. The SMILES string of the molecule is COC(=O)[C@@H]1C[C@H](Oc2ccccc2C(C)=O)CN1.Cl. The summed E-state index contributed by atoms with van der Waals surface area (Å²) >= 11 is 0.